The summed E-state index contributed by atoms with van der Waals surface area (Å²) in [7, 11) is 0. The van der Waals surface area contributed by atoms with Gasteiger partial charge in [0.1, 0.15) is 11.4 Å². The van der Waals surface area contributed by atoms with E-state index in [1.54, 1.807) is 28.0 Å². The highest BCUT2D eigenvalue weighted by Gasteiger charge is 2.29. The van der Waals surface area contributed by atoms with E-state index in [9.17, 15) is 24.3 Å². The van der Waals surface area contributed by atoms with Crippen molar-refractivity contribution in [3.8, 4) is 5.75 Å². The lowest BCUT2D eigenvalue weighted by Crippen LogP contribution is -2.50. The van der Waals surface area contributed by atoms with Crippen LogP contribution in [-0.2, 0) is 0 Å². The van der Waals surface area contributed by atoms with E-state index in [2.05, 4.69) is 10.6 Å². The van der Waals surface area contributed by atoms with Gasteiger partial charge in [0.25, 0.3) is 22.7 Å². The number of anilines is 3. The first-order chi connectivity index (χ1) is 18.9. The Labute approximate surface area is 224 Å². The number of phenols is 1. The first kappa shape index (κ1) is 25.8. The van der Waals surface area contributed by atoms with Crippen molar-refractivity contribution in [2.45, 2.75) is 19.4 Å². The summed E-state index contributed by atoms with van der Waals surface area (Å²) in [5.74, 6) is -0.728. The Hall–Kier alpha value is -4.86. The Balaban J connectivity index is 1.29. The van der Waals surface area contributed by atoms with Gasteiger partial charge in [-0.15, -0.1) is 0 Å². The first-order valence-electron chi connectivity index (χ1n) is 12.7. The van der Waals surface area contributed by atoms with Crippen LogP contribution >= 0.6 is 0 Å². The summed E-state index contributed by atoms with van der Waals surface area (Å²) in [6.07, 6.45) is 2.11. The van der Waals surface area contributed by atoms with Gasteiger partial charge in [0.05, 0.1) is 23.6 Å². The van der Waals surface area contributed by atoms with Crippen LogP contribution in [0.25, 0.3) is 0 Å². The molecular formula is C29H28N4O6. The summed E-state index contributed by atoms with van der Waals surface area (Å²) in [6.45, 7) is 3.18. The Morgan fingerprint density at radius 3 is 2.18 bits per heavy atom. The number of hydrogen-bond acceptors (Lipinski definition) is 8. The predicted molar refractivity (Wildman–Crippen MR) is 146 cm³/mol. The molecule has 0 aliphatic carbocycles. The van der Waals surface area contributed by atoms with Gasteiger partial charge < -0.3 is 30.0 Å². The Morgan fingerprint density at radius 2 is 1.54 bits per heavy atom. The van der Waals surface area contributed by atoms with Gasteiger partial charge in [0.15, 0.2) is 11.5 Å². The number of nitrogens with zero attached hydrogens (tertiary/aromatic N) is 2. The van der Waals surface area contributed by atoms with Gasteiger partial charge >= 0.3 is 0 Å². The number of phenolic OH excluding ortho intramolecular Hbond substituents is 1. The van der Waals surface area contributed by atoms with Crippen molar-refractivity contribution in [2.24, 2.45) is 0 Å². The molecule has 200 valence electrons. The number of para-hydroxylation sites is 1. The van der Waals surface area contributed by atoms with Crippen LogP contribution in [0.1, 0.15) is 45.9 Å². The highest BCUT2D eigenvalue weighted by molar-refractivity contribution is 5.99. The van der Waals surface area contributed by atoms with Gasteiger partial charge in [-0.3, -0.25) is 19.2 Å². The average Bonchev–Trinajstić information content (AvgIpc) is 3.52. The minimum absolute atomic E-state index is 0.0410. The molecule has 1 saturated heterocycles. The molecule has 10 nitrogen and oxygen atoms in total. The number of carbonyl (C=O) groups excluding carboxylic acids is 2. The molecule has 1 aliphatic heterocycles. The van der Waals surface area contributed by atoms with E-state index in [0.29, 0.717) is 19.5 Å². The van der Waals surface area contributed by atoms with Crippen molar-refractivity contribution in [3.05, 3.63) is 104 Å². The second-order valence-corrected chi connectivity index (χ2v) is 9.31. The molecule has 2 amide bonds. The van der Waals surface area contributed by atoms with Gasteiger partial charge in [0, 0.05) is 26.2 Å². The fraction of sp³-hybridized carbons (Fsp3) is 0.241. The maximum Gasteiger partial charge on any atom is 0.289 e. The molecule has 5 rings (SSSR count). The molecule has 10 heteroatoms. The van der Waals surface area contributed by atoms with E-state index in [1.807, 2.05) is 37.3 Å². The molecule has 2 heterocycles. The van der Waals surface area contributed by atoms with Crippen molar-refractivity contribution in [2.75, 3.05) is 36.8 Å². The SMILES string of the molecule is CCC(Nc1c(Nc2cccc(C(=O)N3CCN(C(=O)c4ccco4)CC3)c2O)c(=O)c1=O)c1ccccc1. The molecule has 39 heavy (non-hydrogen) atoms. The zero-order chi connectivity index (χ0) is 27.5. The number of rotatable bonds is 8. The fourth-order valence-electron chi connectivity index (χ4n) is 4.72. The molecule has 1 atom stereocenters. The van der Waals surface area contributed by atoms with Crippen molar-refractivity contribution in [3.63, 3.8) is 0 Å². The predicted octanol–water partition coefficient (Wildman–Crippen LogP) is 3.49. The normalized spacial score (nSPS) is 14.3. The molecule has 3 aromatic carbocycles. The lowest BCUT2D eigenvalue weighted by molar-refractivity contribution is 0.0516. The van der Waals surface area contributed by atoms with Gasteiger partial charge in [-0.2, -0.15) is 0 Å². The van der Waals surface area contributed by atoms with E-state index in [4.69, 9.17) is 4.42 Å². The zero-order valence-electron chi connectivity index (χ0n) is 21.3. The van der Waals surface area contributed by atoms with Crippen LogP contribution in [-0.4, -0.2) is 52.9 Å². The summed E-state index contributed by atoms with van der Waals surface area (Å²) in [5, 5.41) is 17.0. The van der Waals surface area contributed by atoms with Gasteiger partial charge in [-0.1, -0.05) is 43.3 Å². The molecular weight excluding hydrogens is 500 g/mol. The van der Waals surface area contributed by atoms with Crippen LogP contribution in [0, 0.1) is 0 Å². The second kappa shape index (κ2) is 10.9. The van der Waals surface area contributed by atoms with Crippen LogP contribution in [0.2, 0.25) is 0 Å². The minimum Gasteiger partial charge on any atom is -0.505 e. The van der Waals surface area contributed by atoms with Gasteiger partial charge in [0.2, 0.25) is 0 Å². The molecule has 0 radical (unpaired) electrons. The number of carbonyl (C=O) groups is 2. The topological polar surface area (TPSA) is 132 Å². The standard InChI is InChI=1S/C29H28N4O6/c1-2-20(18-8-4-3-5-9-18)30-23-24(27(36)26(23)35)31-21-11-6-10-19(25(21)34)28(37)32-13-15-33(16-14-32)29(38)22-12-7-17-39-22/h3-12,17,20,30-31,34H,2,13-16H2,1H3. The number of hydrogen-bond donors (Lipinski definition) is 3. The number of nitrogens with one attached hydrogen (secondary N) is 2. The Kier molecular flexibility index (Phi) is 7.18. The van der Waals surface area contributed by atoms with E-state index < -0.39 is 16.8 Å². The zero-order valence-corrected chi connectivity index (χ0v) is 21.3. The monoisotopic (exact) mass is 528 g/mol. The molecule has 1 aromatic heterocycles. The Bertz CT molecular complexity index is 1550. The molecule has 3 N–H and O–H groups in total. The third-order valence-corrected chi connectivity index (χ3v) is 6.95. The fourth-order valence-corrected chi connectivity index (χ4v) is 4.72. The molecule has 0 spiro atoms. The number of benzene rings is 2. The van der Waals surface area contributed by atoms with E-state index in [-0.39, 0.29) is 59.2 Å². The number of aromatic hydroxyl groups is 1. The molecule has 1 unspecified atom stereocenters. The minimum atomic E-state index is -0.700. The average molecular weight is 529 g/mol. The Morgan fingerprint density at radius 1 is 0.872 bits per heavy atom. The highest BCUT2D eigenvalue weighted by atomic mass is 16.3. The lowest BCUT2D eigenvalue weighted by Gasteiger charge is -2.34. The largest absolute Gasteiger partial charge is 0.505 e. The molecule has 4 aromatic rings. The van der Waals surface area contributed by atoms with E-state index in [0.717, 1.165) is 5.56 Å². The summed E-state index contributed by atoms with van der Waals surface area (Å²) in [6, 6.07) is 17.2. The van der Waals surface area contributed by atoms with Crippen molar-refractivity contribution < 1.29 is 19.1 Å². The van der Waals surface area contributed by atoms with Gasteiger partial charge in [-0.25, -0.2) is 0 Å². The third kappa shape index (κ3) is 5.00. The van der Waals surface area contributed by atoms with Crippen LogP contribution in [0.4, 0.5) is 17.1 Å². The van der Waals surface area contributed by atoms with Crippen molar-refractivity contribution in [1.29, 1.82) is 0 Å². The molecule has 0 saturated carbocycles. The lowest BCUT2D eigenvalue weighted by atomic mass is 10.0. The van der Waals surface area contributed by atoms with Crippen LogP contribution in [0.5, 0.6) is 5.75 Å². The maximum atomic E-state index is 13.2. The van der Waals surface area contributed by atoms with E-state index >= 15 is 0 Å². The quantitative estimate of drug-likeness (QED) is 0.234. The first-order valence-corrected chi connectivity index (χ1v) is 12.7. The van der Waals surface area contributed by atoms with Crippen LogP contribution in [0.15, 0.2) is 80.9 Å². The number of piperazine rings is 1. The number of amides is 2. The van der Waals surface area contributed by atoms with Crippen molar-refractivity contribution >= 4 is 28.9 Å². The summed E-state index contributed by atoms with van der Waals surface area (Å²) >= 11 is 0. The molecule has 1 aliphatic rings. The molecule has 1 fully saturated rings. The molecule has 0 bridgehead atoms. The summed E-state index contributed by atoms with van der Waals surface area (Å²) in [5.41, 5.74) is 0.00324. The van der Waals surface area contributed by atoms with E-state index in [1.165, 1.54) is 18.4 Å². The maximum absolute atomic E-state index is 13.2. The summed E-state index contributed by atoms with van der Waals surface area (Å²) in [4.78, 5) is 53.7. The second-order valence-electron chi connectivity index (χ2n) is 9.31. The van der Waals surface area contributed by atoms with Crippen LogP contribution < -0.4 is 21.5 Å². The third-order valence-electron chi connectivity index (χ3n) is 6.95. The van der Waals surface area contributed by atoms with Crippen molar-refractivity contribution in [1.82, 2.24) is 9.80 Å². The smallest absolute Gasteiger partial charge is 0.289 e. The summed E-state index contributed by atoms with van der Waals surface area (Å²) < 4.78 is 5.17. The van der Waals surface area contributed by atoms with Gasteiger partial charge in [-0.05, 0) is 36.2 Å². The number of furan rings is 1. The highest BCUT2D eigenvalue weighted by Crippen LogP contribution is 2.33. The van der Waals surface area contributed by atoms with Crippen LogP contribution in [0.3, 0.4) is 0 Å².